The molecule has 26 heavy (non-hydrogen) atoms. The van der Waals surface area contributed by atoms with Crippen LogP contribution in [-0.4, -0.2) is 23.4 Å². The maximum Gasteiger partial charge on any atom is 0.0490 e. The molecule has 4 rings (SSSR count). The number of fused-ring (bicyclic) bond motifs is 5. The molecule has 4 fully saturated rings. The second-order valence-electron chi connectivity index (χ2n) is 10.7. The summed E-state index contributed by atoms with van der Waals surface area (Å²) >= 11 is 0. The summed E-state index contributed by atoms with van der Waals surface area (Å²) in [4.78, 5) is 0. The van der Waals surface area contributed by atoms with Gasteiger partial charge in [0.05, 0.1) is 0 Å². The molecule has 2 heteroatoms. The van der Waals surface area contributed by atoms with Gasteiger partial charge in [0.2, 0.25) is 0 Å². The van der Waals surface area contributed by atoms with Gasteiger partial charge in [0.15, 0.2) is 0 Å². The molecule has 8 atom stereocenters. The van der Waals surface area contributed by atoms with Crippen molar-refractivity contribution < 1.29 is 10.2 Å². The van der Waals surface area contributed by atoms with Crippen molar-refractivity contribution >= 4 is 0 Å². The van der Waals surface area contributed by atoms with Gasteiger partial charge in [-0.15, -0.1) is 0 Å². The van der Waals surface area contributed by atoms with Gasteiger partial charge in [0.1, 0.15) is 0 Å². The third-order valence-electron chi connectivity index (χ3n) is 11.3. The first kappa shape index (κ1) is 19.2. The molecule has 0 aromatic rings. The summed E-state index contributed by atoms with van der Waals surface area (Å²) in [5, 5.41) is 20.6. The van der Waals surface area contributed by atoms with E-state index in [0.717, 1.165) is 18.3 Å². The van der Waals surface area contributed by atoms with Crippen LogP contribution in [0.2, 0.25) is 0 Å². The van der Waals surface area contributed by atoms with Crippen LogP contribution >= 0.6 is 0 Å². The molecular formula is C24H42O2. The minimum atomic E-state index is 0.180. The smallest absolute Gasteiger partial charge is 0.0490 e. The van der Waals surface area contributed by atoms with E-state index in [4.69, 9.17) is 0 Å². The monoisotopic (exact) mass is 362 g/mol. The summed E-state index contributed by atoms with van der Waals surface area (Å²) in [7, 11) is 0. The highest BCUT2D eigenvalue weighted by Gasteiger charge is 2.78. The molecule has 0 amide bonds. The van der Waals surface area contributed by atoms with Crippen LogP contribution in [0.5, 0.6) is 0 Å². The van der Waals surface area contributed by atoms with Gasteiger partial charge in [-0.1, -0.05) is 34.1 Å². The zero-order chi connectivity index (χ0) is 18.8. The predicted molar refractivity (Wildman–Crippen MR) is 107 cm³/mol. The number of aliphatic hydroxyl groups is 2. The molecule has 0 unspecified atom stereocenters. The minimum Gasteiger partial charge on any atom is -0.396 e. The maximum atomic E-state index is 10.4. The minimum absolute atomic E-state index is 0.180. The van der Waals surface area contributed by atoms with Crippen molar-refractivity contribution in [1.82, 2.24) is 0 Å². The Kier molecular flexibility index (Phi) is 4.60. The summed E-state index contributed by atoms with van der Waals surface area (Å²) in [6, 6.07) is 0. The molecule has 0 saturated heterocycles. The molecule has 4 aliphatic rings. The lowest BCUT2D eigenvalue weighted by molar-refractivity contribution is -0.164. The standard InChI is InChI=1S/C24H42O2/c1-5-22(16-26)12-8-13-23(6-2)18-11-14-24(7-3)20(15-25)21(24,4)17(18)9-10-19(22)23/h17-20,25-26H,5-16H2,1-4H3/t17-,18+,19-,20-,21+,22-,23+,24-/m0/s1. The Morgan fingerprint density at radius 1 is 0.846 bits per heavy atom. The highest BCUT2D eigenvalue weighted by atomic mass is 16.3. The van der Waals surface area contributed by atoms with E-state index >= 15 is 0 Å². The molecule has 0 radical (unpaired) electrons. The topological polar surface area (TPSA) is 40.5 Å². The van der Waals surface area contributed by atoms with Gasteiger partial charge in [-0.3, -0.25) is 0 Å². The first-order valence-corrected chi connectivity index (χ1v) is 11.7. The zero-order valence-electron chi connectivity index (χ0n) is 17.7. The summed E-state index contributed by atoms with van der Waals surface area (Å²) in [5.74, 6) is 2.88. The lowest BCUT2D eigenvalue weighted by atomic mass is 9.41. The molecule has 150 valence electrons. The number of hydrogen-bond donors (Lipinski definition) is 2. The van der Waals surface area contributed by atoms with Gasteiger partial charge in [0.25, 0.3) is 0 Å². The fourth-order valence-corrected chi connectivity index (χ4v) is 9.88. The fraction of sp³-hybridized carbons (Fsp3) is 1.00. The van der Waals surface area contributed by atoms with Crippen molar-refractivity contribution in [2.45, 2.75) is 91.9 Å². The van der Waals surface area contributed by atoms with E-state index in [1.165, 1.54) is 57.8 Å². The van der Waals surface area contributed by atoms with Gasteiger partial charge >= 0.3 is 0 Å². The summed E-state index contributed by atoms with van der Waals surface area (Å²) in [5.41, 5.74) is 1.43. The van der Waals surface area contributed by atoms with Crippen LogP contribution in [0.3, 0.4) is 0 Å². The van der Waals surface area contributed by atoms with Gasteiger partial charge in [-0.05, 0) is 103 Å². The van der Waals surface area contributed by atoms with Crippen LogP contribution in [0, 0.1) is 45.3 Å². The molecule has 0 spiro atoms. The molecule has 0 aromatic heterocycles. The third kappa shape index (κ3) is 1.97. The van der Waals surface area contributed by atoms with Crippen LogP contribution in [-0.2, 0) is 0 Å². The molecule has 0 bridgehead atoms. The van der Waals surface area contributed by atoms with Crippen molar-refractivity contribution in [2.24, 2.45) is 45.3 Å². The summed E-state index contributed by atoms with van der Waals surface area (Å²) in [6.45, 7) is 10.5. The Morgan fingerprint density at radius 2 is 1.62 bits per heavy atom. The number of aliphatic hydroxyl groups excluding tert-OH is 2. The first-order valence-electron chi connectivity index (χ1n) is 11.7. The Labute approximate surface area is 161 Å². The van der Waals surface area contributed by atoms with E-state index in [9.17, 15) is 10.2 Å². The van der Waals surface area contributed by atoms with E-state index in [0.29, 0.717) is 41.3 Å². The second kappa shape index (κ2) is 6.21. The van der Waals surface area contributed by atoms with E-state index in [1.807, 2.05) is 0 Å². The van der Waals surface area contributed by atoms with Crippen LogP contribution < -0.4 is 0 Å². The van der Waals surface area contributed by atoms with E-state index in [1.54, 1.807) is 0 Å². The van der Waals surface area contributed by atoms with Crippen molar-refractivity contribution in [1.29, 1.82) is 0 Å². The molecule has 2 N–H and O–H groups in total. The normalized spacial score (nSPS) is 55.6. The van der Waals surface area contributed by atoms with E-state index in [-0.39, 0.29) is 5.41 Å². The molecule has 0 aliphatic heterocycles. The zero-order valence-corrected chi connectivity index (χ0v) is 17.7. The van der Waals surface area contributed by atoms with Crippen molar-refractivity contribution in [3.63, 3.8) is 0 Å². The molecular weight excluding hydrogens is 320 g/mol. The van der Waals surface area contributed by atoms with Crippen LogP contribution in [0.4, 0.5) is 0 Å². The lowest BCUT2D eigenvalue weighted by Gasteiger charge is -2.64. The highest BCUT2D eigenvalue weighted by Crippen LogP contribution is 2.83. The fourth-order valence-electron chi connectivity index (χ4n) is 9.88. The quantitative estimate of drug-likeness (QED) is 0.686. The highest BCUT2D eigenvalue weighted by molar-refractivity contribution is 5.26. The Morgan fingerprint density at radius 3 is 2.19 bits per heavy atom. The molecule has 0 aromatic carbocycles. The largest absolute Gasteiger partial charge is 0.396 e. The van der Waals surface area contributed by atoms with Crippen molar-refractivity contribution in [3.8, 4) is 0 Å². The van der Waals surface area contributed by atoms with Crippen molar-refractivity contribution in [3.05, 3.63) is 0 Å². The maximum absolute atomic E-state index is 10.4. The summed E-state index contributed by atoms with van der Waals surface area (Å²) in [6.07, 6.45) is 13.0. The number of rotatable bonds is 5. The molecule has 4 aliphatic carbocycles. The van der Waals surface area contributed by atoms with Crippen LogP contribution in [0.25, 0.3) is 0 Å². The van der Waals surface area contributed by atoms with Gasteiger partial charge in [-0.25, -0.2) is 0 Å². The number of hydrogen-bond acceptors (Lipinski definition) is 2. The molecule has 0 heterocycles. The lowest BCUT2D eigenvalue weighted by Crippen LogP contribution is -2.57. The van der Waals surface area contributed by atoms with Gasteiger partial charge < -0.3 is 10.2 Å². The molecule has 4 saturated carbocycles. The van der Waals surface area contributed by atoms with Crippen LogP contribution in [0.1, 0.15) is 91.9 Å². The van der Waals surface area contributed by atoms with Gasteiger partial charge in [-0.2, -0.15) is 0 Å². The van der Waals surface area contributed by atoms with Crippen molar-refractivity contribution in [2.75, 3.05) is 13.2 Å². The Bertz CT molecular complexity index is 540. The summed E-state index contributed by atoms with van der Waals surface area (Å²) < 4.78 is 0. The van der Waals surface area contributed by atoms with Gasteiger partial charge in [0, 0.05) is 13.2 Å². The average molecular weight is 363 g/mol. The average Bonchev–Trinajstić information content (AvgIpc) is 3.25. The second-order valence-corrected chi connectivity index (χ2v) is 10.7. The van der Waals surface area contributed by atoms with Crippen LogP contribution in [0.15, 0.2) is 0 Å². The van der Waals surface area contributed by atoms with E-state index in [2.05, 4.69) is 27.7 Å². The Balaban J connectivity index is 1.73. The SMILES string of the molecule is CC[C@@]1(CO)CCC[C@]2(CC)[C@@H]3CC[C@@]4(CC)[C@@H](CO)[C@@]4(C)[C@H]3CC[C@@H]12. The third-order valence-corrected chi connectivity index (χ3v) is 11.3. The first-order chi connectivity index (χ1) is 12.5. The molecule has 2 nitrogen and oxygen atoms in total. The Hall–Kier alpha value is -0.0800. The van der Waals surface area contributed by atoms with E-state index < -0.39 is 0 Å². The predicted octanol–water partition coefficient (Wildman–Crippen LogP) is 5.42.